The third-order valence-electron chi connectivity index (χ3n) is 7.59. The fraction of sp³-hybridized carbons (Fsp3) is 0.429. The van der Waals surface area contributed by atoms with E-state index >= 15 is 0 Å². The number of benzene rings is 3. The number of ketones is 2. The van der Waals surface area contributed by atoms with Gasteiger partial charge in [0.15, 0.2) is 0 Å². The van der Waals surface area contributed by atoms with Gasteiger partial charge in [-0.2, -0.15) is 0 Å². The average Bonchev–Trinajstić information content (AvgIpc) is 2.99. The van der Waals surface area contributed by atoms with Crippen LogP contribution in [0.3, 0.4) is 0 Å². The van der Waals surface area contributed by atoms with Crippen LogP contribution < -0.4 is 4.74 Å². The van der Waals surface area contributed by atoms with Crippen LogP contribution in [0.15, 0.2) is 66.7 Å². The summed E-state index contributed by atoms with van der Waals surface area (Å²) in [6.45, 7) is 6.54. The topological polar surface area (TPSA) is 52.6 Å². The van der Waals surface area contributed by atoms with Crippen molar-refractivity contribution in [1.29, 1.82) is 0 Å². The summed E-state index contributed by atoms with van der Waals surface area (Å²) in [5.41, 5.74) is 3.13. The van der Waals surface area contributed by atoms with E-state index in [1.54, 1.807) is 31.4 Å². The Bertz CT molecular complexity index is 1220. The van der Waals surface area contributed by atoms with Crippen LogP contribution in [0.25, 0.3) is 0 Å². The van der Waals surface area contributed by atoms with E-state index in [-0.39, 0.29) is 11.6 Å². The molecule has 1 atom stereocenters. The maximum atomic E-state index is 14.9. The number of Topliss-reactive ketones (excluding diaryl/α,β-unsaturated/α-hetero) is 2. The van der Waals surface area contributed by atoms with Crippen LogP contribution in [0.2, 0.25) is 0 Å². The van der Waals surface area contributed by atoms with Crippen molar-refractivity contribution in [2.75, 3.05) is 14.2 Å². The first kappa shape index (κ1) is 30.3. The third-order valence-corrected chi connectivity index (χ3v) is 7.59. The van der Waals surface area contributed by atoms with Gasteiger partial charge in [-0.05, 0) is 66.8 Å². The quantitative estimate of drug-likeness (QED) is 0.138. The van der Waals surface area contributed by atoms with Crippen molar-refractivity contribution in [2.24, 2.45) is 0 Å². The summed E-state index contributed by atoms with van der Waals surface area (Å²) in [4.78, 5) is 29.2. The average molecular weight is 529 g/mol. The van der Waals surface area contributed by atoms with Crippen molar-refractivity contribution in [3.05, 3.63) is 100 Å². The predicted molar refractivity (Wildman–Crippen MR) is 159 cm³/mol. The van der Waals surface area contributed by atoms with Crippen LogP contribution in [0.5, 0.6) is 5.75 Å². The van der Waals surface area contributed by atoms with Gasteiger partial charge in [-0.15, -0.1) is 0 Å². The van der Waals surface area contributed by atoms with Crippen LogP contribution in [0, 0.1) is 0 Å². The molecule has 0 aliphatic carbocycles. The molecule has 4 heteroatoms. The Morgan fingerprint density at radius 1 is 0.667 bits per heavy atom. The van der Waals surface area contributed by atoms with Crippen molar-refractivity contribution >= 4 is 11.6 Å². The maximum Gasteiger partial charge on any atom is 0.218 e. The van der Waals surface area contributed by atoms with E-state index < -0.39 is 5.60 Å². The van der Waals surface area contributed by atoms with E-state index in [0.717, 1.165) is 69.1 Å². The van der Waals surface area contributed by atoms with E-state index in [1.807, 2.05) is 42.5 Å². The molecule has 0 saturated heterocycles. The summed E-state index contributed by atoms with van der Waals surface area (Å²) in [5, 5.41) is 0. The van der Waals surface area contributed by atoms with Crippen LogP contribution in [-0.2, 0) is 29.6 Å². The molecule has 0 bridgehead atoms. The number of unbranched alkanes of at least 4 members (excludes halogenated alkanes) is 3. The molecule has 0 radical (unpaired) electrons. The van der Waals surface area contributed by atoms with Gasteiger partial charge in [-0.3, -0.25) is 9.59 Å². The second-order valence-electron chi connectivity index (χ2n) is 10.1. The van der Waals surface area contributed by atoms with E-state index in [1.165, 1.54) is 18.2 Å². The van der Waals surface area contributed by atoms with Crippen LogP contribution in [0.1, 0.15) is 102 Å². The summed E-state index contributed by atoms with van der Waals surface area (Å²) in [6.07, 6.45) is 8.73. The van der Waals surface area contributed by atoms with Crippen LogP contribution in [0.4, 0.5) is 0 Å². The molecule has 0 amide bonds. The number of carbonyl (C=O) groups is 2. The number of hydrogen-bond acceptors (Lipinski definition) is 4. The molecule has 0 aliphatic heterocycles. The molecular weight excluding hydrogens is 484 g/mol. The molecule has 0 aromatic heterocycles. The molecule has 0 saturated carbocycles. The smallest absolute Gasteiger partial charge is 0.218 e. The molecule has 39 heavy (non-hydrogen) atoms. The Balaban J connectivity index is 2.36. The zero-order valence-electron chi connectivity index (χ0n) is 24.3. The Hall–Kier alpha value is -3.24. The van der Waals surface area contributed by atoms with Gasteiger partial charge in [0, 0.05) is 18.2 Å². The maximum absolute atomic E-state index is 14.9. The number of hydrogen-bond donors (Lipinski definition) is 0. The van der Waals surface area contributed by atoms with Crippen LogP contribution in [-0.4, -0.2) is 25.8 Å². The normalized spacial score (nSPS) is 12.6. The molecule has 4 nitrogen and oxygen atoms in total. The highest BCUT2D eigenvalue weighted by atomic mass is 16.5. The van der Waals surface area contributed by atoms with E-state index in [0.29, 0.717) is 16.7 Å². The monoisotopic (exact) mass is 528 g/mol. The fourth-order valence-electron chi connectivity index (χ4n) is 5.43. The summed E-state index contributed by atoms with van der Waals surface area (Å²) >= 11 is 0. The van der Waals surface area contributed by atoms with Crippen molar-refractivity contribution in [3.8, 4) is 5.75 Å². The van der Waals surface area contributed by atoms with Crippen molar-refractivity contribution < 1.29 is 19.1 Å². The van der Waals surface area contributed by atoms with Crippen molar-refractivity contribution in [2.45, 2.75) is 84.2 Å². The standard InChI is InChI=1S/C35H44O4/c1-6-9-22-28-29(23-10-7-2)31(25-32(38-4)30(28)24-11-8-3)34(37)35(39-5,27-20-16-13-17-21-27)33(36)26-18-14-12-15-19-26/h12-21,25H,6-11,22-24H2,1-5H3. The Morgan fingerprint density at radius 3 is 1.69 bits per heavy atom. The summed E-state index contributed by atoms with van der Waals surface area (Å²) in [5.74, 6) is 0.0185. The van der Waals surface area contributed by atoms with Crippen molar-refractivity contribution in [3.63, 3.8) is 0 Å². The highest BCUT2D eigenvalue weighted by molar-refractivity contribution is 6.23. The van der Waals surface area contributed by atoms with Gasteiger partial charge in [-0.1, -0.05) is 101 Å². The number of rotatable bonds is 16. The van der Waals surface area contributed by atoms with Gasteiger partial charge in [0.25, 0.3) is 0 Å². The minimum atomic E-state index is -1.82. The number of carbonyl (C=O) groups excluding carboxylic acids is 2. The van der Waals surface area contributed by atoms with Crippen LogP contribution >= 0.6 is 0 Å². The first-order valence-corrected chi connectivity index (χ1v) is 14.5. The SMILES string of the molecule is CCCCc1c(OC)cc(C(=O)C(OC)(C(=O)c2ccccc2)c2ccccc2)c(CCCC)c1CCCC. The zero-order chi connectivity index (χ0) is 28.3. The molecule has 0 heterocycles. The predicted octanol–water partition coefficient (Wildman–Crippen LogP) is 8.33. The Kier molecular flexibility index (Phi) is 11.5. The summed E-state index contributed by atoms with van der Waals surface area (Å²) < 4.78 is 12.0. The first-order chi connectivity index (χ1) is 19.0. The van der Waals surface area contributed by atoms with Gasteiger partial charge in [0.05, 0.1) is 7.11 Å². The lowest BCUT2D eigenvalue weighted by Gasteiger charge is -2.32. The molecule has 208 valence electrons. The largest absolute Gasteiger partial charge is 0.496 e. The lowest BCUT2D eigenvalue weighted by atomic mass is 9.76. The Morgan fingerprint density at radius 2 is 1.18 bits per heavy atom. The number of ether oxygens (including phenoxy) is 2. The molecule has 3 aromatic rings. The van der Waals surface area contributed by atoms with Gasteiger partial charge >= 0.3 is 0 Å². The minimum Gasteiger partial charge on any atom is -0.496 e. The second kappa shape index (κ2) is 14.8. The van der Waals surface area contributed by atoms with E-state index in [9.17, 15) is 9.59 Å². The summed E-state index contributed by atoms with van der Waals surface area (Å²) in [7, 11) is 3.13. The number of methoxy groups -OCH3 is 2. The molecule has 3 aromatic carbocycles. The molecule has 0 spiro atoms. The molecule has 3 rings (SSSR count). The third kappa shape index (κ3) is 6.50. The van der Waals surface area contributed by atoms with Gasteiger partial charge in [0.1, 0.15) is 5.75 Å². The molecule has 0 aliphatic rings. The Labute approximate surface area is 234 Å². The molecule has 0 fully saturated rings. The minimum absolute atomic E-state index is 0.339. The zero-order valence-corrected chi connectivity index (χ0v) is 24.3. The second-order valence-corrected chi connectivity index (χ2v) is 10.1. The molecule has 1 unspecified atom stereocenters. The lowest BCUT2D eigenvalue weighted by Crippen LogP contribution is -2.46. The highest BCUT2D eigenvalue weighted by Crippen LogP contribution is 2.39. The molecule has 0 N–H and O–H groups in total. The van der Waals surface area contributed by atoms with Gasteiger partial charge in [0.2, 0.25) is 17.2 Å². The highest BCUT2D eigenvalue weighted by Gasteiger charge is 2.49. The van der Waals surface area contributed by atoms with E-state index in [2.05, 4.69) is 20.8 Å². The summed E-state index contributed by atoms with van der Waals surface area (Å²) in [6, 6.07) is 20.0. The lowest BCUT2D eigenvalue weighted by molar-refractivity contribution is 0.00629. The molecular formula is C35H44O4. The van der Waals surface area contributed by atoms with Gasteiger partial charge < -0.3 is 9.47 Å². The fourth-order valence-corrected chi connectivity index (χ4v) is 5.43. The van der Waals surface area contributed by atoms with Gasteiger partial charge in [-0.25, -0.2) is 0 Å². The van der Waals surface area contributed by atoms with Crippen molar-refractivity contribution in [1.82, 2.24) is 0 Å². The first-order valence-electron chi connectivity index (χ1n) is 14.5. The van der Waals surface area contributed by atoms with E-state index in [4.69, 9.17) is 9.47 Å².